The van der Waals surface area contributed by atoms with Gasteiger partial charge in [0.1, 0.15) is 5.82 Å². The fourth-order valence-electron chi connectivity index (χ4n) is 3.39. The van der Waals surface area contributed by atoms with Gasteiger partial charge in [-0.25, -0.2) is 14.2 Å². The van der Waals surface area contributed by atoms with Gasteiger partial charge in [-0.15, -0.1) is 0 Å². The quantitative estimate of drug-likeness (QED) is 0.626. The lowest BCUT2D eigenvalue weighted by Crippen LogP contribution is -2.39. The molecular weight excluding hydrogens is 391 g/mol. The number of allylic oxidation sites excluding steroid dienone is 1. The van der Waals surface area contributed by atoms with Gasteiger partial charge in [-0.05, 0) is 36.3 Å². The van der Waals surface area contributed by atoms with Crippen molar-refractivity contribution in [3.8, 4) is 0 Å². The molecule has 0 N–H and O–H groups in total. The molecule has 146 valence electrons. The molecule has 0 saturated heterocycles. The molecule has 1 aromatic heterocycles. The lowest BCUT2D eigenvalue weighted by atomic mass is 9.96. The van der Waals surface area contributed by atoms with Gasteiger partial charge in [0, 0.05) is 0 Å². The van der Waals surface area contributed by atoms with Crippen molar-refractivity contribution in [1.29, 1.82) is 0 Å². The van der Waals surface area contributed by atoms with E-state index in [1.165, 1.54) is 35.1 Å². The van der Waals surface area contributed by atoms with Crippen LogP contribution in [-0.2, 0) is 9.53 Å². The van der Waals surface area contributed by atoms with E-state index >= 15 is 0 Å². The van der Waals surface area contributed by atoms with Crippen molar-refractivity contribution >= 4 is 23.4 Å². The van der Waals surface area contributed by atoms with Crippen LogP contribution in [0.25, 0.3) is 6.08 Å². The molecule has 5 nitrogen and oxygen atoms in total. The maximum absolute atomic E-state index is 13.5. The molecule has 1 aliphatic heterocycles. The van der Waals surface area contributed by atoms with E-state index in [-0.39, 0.29) is 11.4 Å². The van der Waals surface area contributed by atoms with Gasteiger partial charge in [-0.3, -0.25) is 9.36 Å². The summed E-state index contributed by atoms with van der Waals surface area (Å²) < 4.78 is 20.4. The number of aromatic nitrogens is 1. The Morgan fingerprint density at radius 1 is 1.21 bits per heavy atom. The standard InChI is InChI=1S/C22H17FN2O3S/c1-13-18(21(27)28-2)19(15-8-4-3-5-9-15)25-20(26)17(29-22(25)24-13)12-14-7-6-10-16(23)11-14/h3-12,19H,1-2H3/b17-12-/t19-/m1/s1. The number of carbonyl (C=O) groups is 1. The highest BCUT2D eigenvalue weighted by molar-refractivity contribution is 7.07. The average molecular weight is 408 g/mol. The molecule has 2 aromatic carbocycles. The maximum Gasteiger partial charge on any atom is 0.338 e. The van der Waals surface area contributed by atoms with Crippen LogP contribution in [0.3, 0.4) is 0 Å². The van der Waals surface area contributed by atoms with Gasteiger partial charge >= 0.3 is 5.97 Å². The van der Waals surface area contributed by atoms with Crippen LogP contribution in [0.5, 0.6) is 0 Å². The van der Waals surface area contributed by atoms with Gasteiger partial charge in [0.2, 0.25) is 0 Å². The monoisotopic (exact) mass is 408 g/mol. The number of methoxy groups -OCH3 is 1. The van der Waals surface area contributed by atoms with Gasteiger partial charge in [0.25, 0.3) is 5.56 Å². The van der Waals surface area contributed by atoms with E-state index in [4.69, 9.17) is 4.74 Å². The SMILES string of the molecule is COC(=O)C1=C(C)N=c2s/c(=C\c3cccc(F)c3)c(=O)n2[C@@H]1c1ccccc1. The van der Waals surface area contributed by atoms with Gasteiger partial charge in [-0.2, -0.15) is 0 Å². The van der Waals surface area contributed by atoms with Crippen LogP contribution in [-0.4, -0.2) is 17.6 Å². The number of hydrogen-bond donors (Lipinski definition) is 0. The fourth-order valence-corrected chi connectivity index (χ4v) is 4.44. The van der Waals surface area contributed by atoms with Gasteiger partial charge in [0.05, 0.1) is 29.0 Å². The second-order valence-electron chi connectivity index (χ2n) is 6.54. The summed E-state index contributed by atoms with van der Waals surface area (Å²) in [6.07, 6.45) is 1.63. The maximum atomic E-state index is 13.5. The number of ether oxygens (including phenoxy) is 1. The van der Waals surface area contributed by atoms with E-state index in [1.807, 2.05) is 30.3 Å². The highest BCUT2D eigenvalue weighted by Gasteiger charge is 2.32. The molecule has 1 atom stereocenters. The summed E-state index contributed by atoms with van der Waals surface area (Å²) in [6, 6.07) is 14.7. The van der Waals surface area contributed by atoms with Gasteiger partial charge in [-0.1, -0.05) is 53.8 Å². The molecule has 0 aliphatic carbocycles. The summed E-state index contributed by atoms with van der Waals surface area (Å²) in [4.78, 5) is 30.7. The summed E-state index contributed by atoms with van der Waals surface area (Å²) in [5.41, 5.74) is 1.89. The molecule has 0 amide bonds. The third-order valence-corrected chi connectivity index (χ3v) is 5.67. The Morgan fingerprint density at radius 2 is 1.97 bits per heavy atom. The predicted octanol–water partition coefficient (Wildman–Crippen LogP) is 2.55. The Morgan fingerprint density at radius 3 is 2.66 bits per heavy atom. The molecule has 0 radical (unpaired) electrons. The number of rotatable bonds is 3. The summed E-state index contributed by atoms with van der Waals surface area (Å²) in [6.45, 7) is 1.73. The molecule has 0 bridgehead atoms. The Balaban J connectivity index is 1.98. The first-order valence-electron chi connectivity index (χ1n) is 8.91. The van der Waals surface area contributed by atoms with Crippen molar-refractivity contribution in [2.75, 3.05) is 7.11 Å². The van der Waals surface area contributed by atoms with Crippen molar-refractivity contribution in [1.82, 2.24) is 4.57 Å². The second kappa shape index (κ2) is 7.60. The van der Waals surface area contributed by atoms with Crippen LogP contribution in [0.2, 0.25) is 0 Å². The minimum atomic E-state index is -0.644. The van der Waals surface area contributed by atoms with E-state index in [0.29, 0.717) is 26.2 Å². The largest absolute Gasteiger partial charge is 0.466 e. The van der Waals surface area contributed by atoms with Crippen LogP contribution < -0.4 is 14.9 Å². The molecule has 0 unspecified atom stereocenters. The van der Waals surface area contributed by atoms with E-state index < -0.39 is 12.0 Å². The zero-order chi connectivity index (χ0) is 20.5. The number of hydrogen-bond acceptors (Lipinski definition) is 5. The molecule has 4 rings (SSSR count). The molecule has 3 aromatic rings. The number of carbonyl (C=O) groups excluding carboxylic acids is 1. The Bertz CT molecular complexity index is 1310. The number of fused-ring (bicyclic) bond motifs is 1. The van der Waals surface area contributed by atoms with Crippen molar-refractivity contribution in [3.63, 3.8) is 0 Å². The minimum absolute atomic E-state index is 0.291. The van der Waals surface area contributed by atoms with Crippen molar-refractivity contribution < 1.29 is 13.9 Å². The van der Waals surface area contributed by atoms with Crippen LogP contribution in [0.4, 0.5) is 4.39 Å². The first kappa shape index (κ1) is 19.0. The molecule has 7 heteroatoms. The normalized spacial score (nSPS) is 16.4. The number of halogens is 1. The summed E-state index contributed by atoms with van der Waals surface area (Å²) in [5, 5.41) is 0. The van der Waals surface area contributed by atoms with Crippen LogP contribution in [0, 0.1) is 5.82 Å². The molecule has 1 aliphatic rings. The Hall–Kier alpha value is -3.32. The van der Waals surface area contributed by atoms with Crippen LogP contribution >= 0.6 is 11.3 Å². The van der Waals surface area contributed by atoms with Crippen LogP contribution in [0.15, 0.2) is 75.7 Å². The summed E-state index contributed by atoms with van der Waals surface area (Å²) in [7, 11) is 1.31. The lowest BCUT2D eigenvalue weighted by Gasteiger charge is -2.24. The van der Waals surface area contributed by atoms with Crippen molar-refractivity contribution in [2.45, 2.75) is 13.0 Å². The number of nitrogens with zero attached hydrogens (tertiary/aromatic N) is 2. The van der Waals surface area contributed by atoms with E-state index in [9.17, 15) is 14.0 Å². The Labute approximate surface area is 169 Å². The highest BCUT2D eigenvalue weighted by atomic mass is 32.1. The van der Waals surface area contributed by atoms with Crippen LogP contribution in [0.1, 0.15) is 24.1 Å². The van der Waals surface area contributed by atoms with Crippen molar-refractivity contribution in [2.24, 2.45) is 4.99 Å². The number of benzene rings is 2. The van der Waals surface area contributed by atoms with E-state index in [0.717, 1.165) is 5.56 Å². The molecule has 29 heavy (non-hydrogen) atoms. The first-order chi connectivity index (χ1) is 14.0. The average Bonchev–Trinajstić information content (AvgIpc) is 3.02. The summed E-state index contributed by atoms with van der Waals surface area (Å²) in [5.74, 6) is -0.906. The zero-order valence-electron chi connectivity index (χ0n) is 15.8. The molecule has 0 saturated carbocycles. The number of esters is 1. The molecule has 0 spiro atoms. The third kappa shape index (κ3) is 3.45. The fraction of sp³-hybridized carbons (Fsp3) is 0.136. The molecular formula is C22H17FN2O3S. The van der Waals surface area contributed by atoms with E-state index in [2.05, 4.69) is 4.99 Å². The summed E-state index contributed by atoms with van der Waals surface area (Å²) >= 11 is 1.21. The third-order valence-electron chi connectivity index (χ3n) is 4.69. The van der Waals surface area contributed by atoms with E-state index in [1.54, 1.807) is 25.1 Å². The first-order valence-corrected chi connectivity index (χ1v) is 9.72. The smallest absolute Gasteiger partial charge is 0.338 e. The zero-order valence-corrected chi connectivity index (χ0v) is 16.6. The minimum Gasteiger partial charge on any atom is -0.466 e. The van der Waals surface area contributed by atoms with Gasteiger partial charge in [0.15, 0.2) is 4.80 Å². The molecule has 0 fully saturated rings. The van der Waals surface area contributed by atoms with Crippen molar-refractivity contribution in [3.05, 3.63) is 102 Å². The number of thiazole rings is 1. The predicted molar refractivity (Wildman–Crippen MR) is 109 cm³/mol. The second-order valence-corrected chi connectivity index (χ2v) is 7.55. The van der Waals surface area contributed by atoms with Gasteiger partial charge < -0.3 is 4.74 Å². The Kier molecular flexibility index (Phi) is 4.98. The highest BCUT2D eigenvalue weighted by Crippen LogP contribution is 2.30. The topological polar surface area (TPSA) is 60.7 Å². The molecule has 2 heterocycles. The lowest BCUT2D eigenvalue weighted by molar-refractivity contribution is -0.136.